The van der Waals surface area contributed by atoms with Gasteiger partial charge in [0, 0.05) is 48.9 Å². The Balaban J connectivity index is 0. The molecule has 26 valence electrons. The molecule has 0 spiro atoms. The van der Waals surface area contributed by atoms with Gasteiger partial charge in [0.25, 0.3) is 0 Å². The van der Waals surface area contributed by atoms with Gasteiger partial charge in [-0.15, -0.1) is 0 Å². The van der Waals surface area contributed by atoms with Gasteiger partial charge in [-0.25, -0.2) is 0 Å². The Morgan fingerprint density at radius 2 is 1.40 bits per heavy atom. The van der Waals surface area contributed by atoms with Crippen LogP contribution in [0.25, 0.3) is 0 Å². The Hall–Kier alpha value is 1.19. The molecule has 0 saturated heterocycles. The molecule has 0 amide bonds. The van der Waals surface area contributed by atoms with Crippen LogP contribution in [0.3, 0.4) is 0 Å². The van der Waals surface area contributed by atoms with Gasteiger partial charge in [0.05, 0.1) is 0 Å². The first kappa shape index (κ1) is 9.50. The van der Waals surface area contributed by atoms with Gasteiger partial charge in [-0.2, -0.15) is 0 Å². The minimum atomic E-state index is -3.13. The third-order valence-corrected chi connectivity index (χ3v) is 0. The average Bonchev–Trinajstić information content (AvgIpc) is 0.811. The summed E-state index contributed by atoms with van der Waals surface area (Å²) in [6.07, 6.45) is 0. The van der Waals surface area contributed by atoms with Crippen LogP contribution in [0, 0.1) is 0 Å². The summed E-state index contributed by atoms with van der Waals surface area (Å²) in [7, 11) is -3.13. The first-order valence-electron chi connectivity index (χ1n) is 0.651. The van der Waals surface area contributed by atoms with E-state index in [1.807, 2.05) is 0 Å². The van der Waals surface area contributed by atoms with Crippen LogP contribution in [0.1, 0.15) is 0 Å². The van der Waals surface area contributed by atoms with Gasteiger partial charge in [0.1, 0.15) is 0 Å². The van der Waals surface area contributed by atoms with Crippen molar-refractivity contribution in [1.29, 1.82) is 0 Å². The summed E-state index contributed by atoms with van der Waals surface area (Å²) in [6.45, 7) is 0. The minimum Gasteiger partial charge on any atom is -0.511 e. The molecule has 0 rings (SSSR count). The zero-order valence-corrected chi connectivity index (χ0v) is 7.95. The van der Waals surface area contributed by atoms with Gasteiger partial charge in [-0.3, -0.25) is 4.46 Å². The van der Waals surface area contributed by atoms with E-state index in [0.717, 1.165) is 0 Å². The Labute approximate surface area is 71.0 Å². The molecule has 0 aliphatic carbocycles. The summed E-state index contributed by atoms with van der Waals surface area (Å²) in [6, 6.07) is 0. The van der Waals surface area contributed by atoms with Crippen LogP contribution in [0.5, 0.6) is 0 Å². The molecule has 0 bridgehead atoms. The van der Waals surface area contributed by atoms with Crippen molar-refractivity contribution >= 4 is 58.1 Å². The molecule has 3 nitrogen and oxygen atoms in total. The van der Waals surface area contributed by atoms with Crippen molar-refractivity contribution in [2.75, 3.05) is 0 Å². The predicted molar refractivity (Wildman–Crippen MR) is 16.6 cm³/mol. The molecule has 0 aliphatic rings. The molecule has 0 aromatic rings. The largest absolute Gasteiger partial charge is 0.761 e. The zero-order valence-electron chi connectivity index (χ0n) is 2.51. The second kappa shape index (κ2) is 5.19. The van der Waals surface area contributed by atoms with Gasteiger partial charge in [-0.05, 0) is 0 Å². The maximum Gasteiger partial charge on any atom is 0.761 e. The first-order chi connectivity index (χ1) is 1.73. The van der Waals surface area contributed by atoms with Crippen molar-refractivity contribution in [3.05, 3.63) is 0 Å². The van der Waals surface area contributed by atoms with Crippen molar-refractivity contribution in [1.82, 2.24) is 0 Å². The smallest absolute Gasteiger partial charge is 0.511 e. The van der Waals surface area contributed by atoms with Crippen LogP contribution in [0.15, 0.2) is 0 Å². The van der Waals surface area contributed by atoms with Crippen LogP contribution in [0.2, 0.25) is 0 Å². The summed E-state index contributed by atoms with van der Waals surface area (Å²) >= 11 is 0. The molecule has 0 atom stereocenters. The van der Waals surface area contributed by atoms with Gasteiger partial charge in [-0.1, -0.05) is 0 Å². The molecular weight excluding hydrogens is 213 g/mol. The molecule has 5 heavy (non-hydrogen) atoms. The van der Waals surface area contributed by atoms with Crippen LogP contribution < -0.4 is 0 Å². The standard InChI is InChI=1S/Ba.H2O3Si/c;1-4(2)3/h;1-2H. The van der Waals surface area contributed by atoms with E-state index in [1.54, 1.807) is 0 Å². The van der Waals surface area contributed by atoms with Crippen LogP contribution in [-0.2, 0) is 4.46 Å². The van der Waals surface area contributed by atoms with Crippen molar-refractivity contribution in [3.63, 3.8) is 0 Å². The normalized spacial score (nSPS) is 4.80. The second-order valence-corrected chi connectivity index (χ2v) is 0.848. The Morgan fingerprint density at radius 3 is 1.40 bits per heavy atom. The van der Waals surface area contributed by atoms with E-state index in [1.165, 1.54) is 0 Å². The van der Waals surface area contributed by atoms with E-state index in [-0.39, 0.29) is 48.9 Å². The fourth-order valence-electron chi connectivity index (χ4n) is 0. The second-order valence-electron chi connectivity index (χ2n) is 0.283. The number of hydrogen-bond donors (Lipinski definition) is 2. The molecular formula is H2BaO3Si. The van der Waals surface area contributed by atoms with Crippen molar-refractivity contribution in [2.45, 2.75) is 0 Å². The summed E-state index contributed by atoms with van der Waals surface area (Å²) in [5.41, 5.74) is 0. The average molecular weight is 215 g/mol. The summed E-state index contributed by atoms with van der Waals surface area (Å²) in [5.74, 6) is 0. The SMILES string of the molecule is O=[Si](O)O.[Ba]. The van der Waals surface area contributed by atoms with E-state index >= 15 is 0 Å². The molecule has 2 radical (unpaired) electrons. The molecule has 5 heteroatoms. The van der Waals surface area contributed by atoms with E-state index in [9.17, 15) is 0 Å². The Morgan fingerprint density at radius 1 is 1.40 bits per heavy atom. The molecule has 0 aromatic heterocycles. The molecule has 0 heterocycles. The maximum absolute atomic E-state index is 8.74. The quantitative estimate of drug-likeness (QED) is 0.460. The summed E-state index contributed by atoms with van der Waals surface area (Å²) in [5, 5.41) is 0. The predicted octanol–water partition coefficient (Wildman–Crippen LogP) is -1.99. The van der Waals surface area contributed by atoms with Gasteiger partial charge in [0.2, 0.25) is 0 Å². The molecule has 0 aliphatic heterocycles. The van der Waals surface area contributed by atoms with Gasteiger partial charge < -0.3 is 9.59 Å². The van der Waals surface area contributed by atoms with E-state index in [2.05, 4.69) is 0 Å². The molecule has 0 unspecified atom stereocenters. The third kappa shape index (κ3) is 37.3. The number of hydrogen-bond acceptors (Lipinski definition) is 1. The summed E-state index contributed by atoms with van der Waals surface area (Å²) < 4.78 is 8.74. The maximum atomic E-state index is 8.74. The van der Waals surface area contributed by atoms with Crippen LogP contribution in [-0.4, -0.2) is 67.6 Å². The van der Waals surface area contributed by atoms with Crippen molar-refractivity contribution in [3.8, 4) is 0 Å². The van der Waals surface area contributed by atoms with Crippen LogP contribution >= 0.6 is 0 Å². The fourth-order valence-corrected chi connectivity index (χ4v) is 0. The van der Waals surface area contributed by atoms with Gasteiger partial charge in [0.15, 0.2) is 0 Å². The van der Waals surface area contributed by atoms with Gasteiger partial charge >= 0.3 is 9.17 Å². The molecule has 0 fully saturated rings. The van der Waals surface area contributed by atoms with E-state index in [0.29, 0.717) is 0 Å². The topological polar surface area (TPSA) is 57.5 Å². The van der Waals surface area contributed by atoms with Crippen molar-refractivity contribution < 1.29 is 14.1 Å². The fraction of sp³-hybridized carbons (Fsp3) is 0. The van der Waals surface area contributed by atoms with E-state index < -0.39 is 9.17 Å². The third-order valence-electron chi connectivity index (χ3n) is 0. The van der Waals surface area contributed by atoms with E-state index in [4.69, 9.17) is 14.1 Å². The van der Waals surface area contributed by atoms with Crippen molar-refractivity contribution in [2.24, 2.45) is 0 Å². The molecule has 0 aromatic carbocycles. The molecule has 2 N–H and O–H groups in total. The number of rotatable bonds is 0. The minimum absolute atomic E-state index is 0. The Kier molecular flexibility index (Phi) is 9.85. The first-order valence-corrected chi connectivity index (χ1v) is 1.95. The Bertz CT molecular complexity index is 29.9. The monoisotopic (exact) mass is 216 g/mol. The summed E-state index contributed by atoms with van der Waals surface area (Å²) in [4.78, 5) is 14.3. The zero-order chi connectivity index (χ0) is 3.58. The molecule has 0 saturated carbocycles. The van der Waals surface area contributed by atoms with Crippen LogP contribution in [0.4, 0.5) is 0 Å².